The Bertz CT molecular complexity index is 448. The summed E-state index contributed by atoms with van der Waals surface area (Å²) in [5, 5.41) is 0. The first-order valence-electron chi connectivity index (χ1n) is 8.24. The fourth-order valence-corrected chi connectivity index (χ4v) is 3.99. The molecule has 3 aliphatic rings. The van der Waals surface area contributed by atoms with E-state index in [0.717, 1.165) is 77.0 Å². The summed E-state index contributed by atoms with van der Waals surface area (Å²) in [6.07, 6.45) is 12.1. The van der Waals surface area contributed by atoms with Crippen LogP contribution in [0, 0.1) is 0 Å². The zero-order chi connectivity index (χ0) is 13.9. The molecule has 0 atom stereocenters. The van der Waals surface area contributed by atoms with Crippen LogP contribution in [0.25, 0.3) is 0 Å². The van der Waals surface area contributed by atoms with Gasteiger partial charge in [0.2, 0.25) is 0 Å². The molecule has 108 valence electrons. The van der Waals surface area contributed by atoms with Gasteiger partial charge in [-0.1, -0.05) is 11.1 Å². The molecule has 0 unspecified atom stereocenters. The van der Waals surface area contributed by atoms with Crippen molar-refractivity contribution in [3.05, 3.63) is 22.3 Å². The van der Waals surface area contributed by atoms with Gasteiger partial charge in [0.1, 0.15) is 0 Å². The van der Waals surface area contributed by atoms with Crippen LogP contribution in [0.1, 0.15) is 77.0 Å². The van der Waals surface area contributed by atoms with Crippen molar-refractivity contribution in [1.82, 2.24) is 0 Å². The van der Waals surface area contributed by atoms with Crippen LogP contribution in [-0.4, -0.2) is 11.6 Å². The zero-order valence-corrected chi connectivity index (χ0v) is 12.3. The minimum absolute atomic E-state index is 0.410. The van der Waals surface area contributed by atoms with Gasteiger partial charge in [-0.05, 0) is 75.4 Å². The Labute approximate surface area is 121 Å². The first-order chi connectivity index (χ1) is 9.75. The molecule has 3 aliphatic carbocycles. The molecule has 0 aromatic heterocycles. The third-order valence-electron chi connectivity index (χ3n) is 5.15. The van der Waals surface area contributed by atoms with E-state index in [-0.39, 0.29) is 0 Å². The average Bonchev–Trinajstić information content (AvgIpc) is 2.94. The van der Waals surface area contributed by atoms with E-state index in [2.05, 4.69) is 0 Å². The van der Waals surface area contributed by atoms with Crippen LogP contribution in [0.3, 0.4) is 0 Å². The van der Waals surface area contributed by atoms with Crippen molar-refractivity contribution < 1.29 is 9.59 Å². The second-order valence-electron chi connectivity index (χ2n) is 6.42. The van der Waals surface area contributed by atoms with E-state index in [4.69, 9.17) is 0 Å². The fourth-order valence-electron chi connectivity index (χ4n) is 3.99. The number of allylic oxidation sites excluding steroid dienone is 4. The van der Waals surface area contributed by atoms with E-state index >= 15 is 0 Å². The van der Waals surface area contributed by atoms with Gasteiger partial charge in [0.05, 0.1) is 0 Å². The number of hydrogen-bond donors (Lipinski definition) is 0. The molecule has 0 N–H and O–H groups in total. The fraction of sp³-hybridized carbons (Fsp3) is 0.667. The maximum absolute atomic E-state index is 11.9. The number of hydrogen-bond acceptors (Lipinski definition) is 2. The molecule has 0 aromatic rings. The highest BCUT2D eigenvalue weighted by Gasteiger charge is 2.25. The first-order valence-corrected chi connectivity index (χ1v) is 8.24. The lowest BCUT2D eigenvalue weighted by Crippen LogP contribution is -2.00. The predicted octanol–water partition coefficient (Wildman–Crippen LogP) is 4.44. The molecule has 2 nitrogen and oxygen atoms in total. The molecule has 0 bridgehead atoms. The van der Waals surface area contributed by atoms with Crippen LogP contribution in [-0.2, 0) is 9.59 Å². The lowest BCUT2D eigenvalue weighted by atomic mass is 9.94. The van der Waals surface area contributed by atoms with Crippen LogP contribution in [0.4, 0.5) is 0 Å². The van der Waals surface area contributed by atoms with Gasteiger partial charge in [0.15, 0.2) is 11.6 Å². The summed E-state index contributed by atoms with van der Waals surface area (Å²) in [6.45, 7) is 0. The normalized spacial score (nSPS) is 25.4. The molecular formula is C18H24O2. The molecule has 0 fully saturated rings. The number of rotatable bonds is 0. The predicted molar refractivity (Wildman–Crippen MR) is 79.5 cm³/mol. The van der Waals surface area contributed by atoms with Crippen LogP contribution >= 0.6 is 0 Å². The Balaban J connectivity index is 1.70. The molecule has 2 heteroatoms. The summed E-state index contributed by atoms with van der Waals surface area (Å²) in [7, 11) is 0. The SMILES string of the molecule is O=C1CCC2=C1CCCCC1=C(CCCC2)C(=O)CC1. The Kier molecular flexibility index (Phi) is 4.18. The second-order valence-corrected chi connectivity index (χ2v) is 6.42. The molecule has 3 rings (SSSR count). The molecule has 0 spiro atoms. The zero-order valence-electron chi connectivity index (χ0n) is 12.3. The molecule has 0 heterocycles. The smallest absolute Gasteiger partial charge is 0.159 e. The average molecular weight is 272 g/mol. The van der Waals surface area contributed by atoms with Crippen molar-refractivity contribution >= 4 is 11.6 Å². The number of Topliss-reactive ketones (excluding diaryl/α,β-unsaturated/α-hetero) is 2. The Hall–Kier alpha value is -1.18. The maximum Gasteiger partial charge on any atom is 0.159 e. The van der Waals surface area contributed by atoms with E-state index in [1.807, 2.05) is 0 Å². The summed E-state index contributed by atoms with van der Waals surface area (Å²) >= 11 is 0. The first kappa shape index (κ1) is 13.8. The molecule has 0 saturated heterocycles. The second kappa shape index (κ2) is 6.07. The van der Waals surface area contributed by atoms with Gasteiger partial charge in [-0.25, -0.2) is 0 Å². The van der Waals surface area contributed by atoms with Crippen molar-refractivity contribution in [3.8, 4) is 0 Å². The molecule has 0 aliphatic heterocycles. The van der Waals surface area contributed by atoms with Gasteiger partial charge in [-0.15, -0.1) is 0 Å². The standard InChI is InChI=1S/C18H24O2/c19-17-12-10-14-6-2-4-8-16-13(9-11-18(16)20)5-1-3-7-15(14)17/h1-12H2. The van der Waals surface area contributed by atoms with Crippen LogP contribution in [0.2, 0.25) is 0 Å². The largest absolute Gasteiger partial charge is 0.295 e. The van der Waals surface area contributed by atoms with Crippen molar-refractivity contribution in [1.29, 1.82) is 0 Å². The summed E-state index contributed by atoms with van der Waals surface area (Å²) in [6, 6.07) is 0. The summed E-state index contributed by atoms with van der Waals surface area (Å²) in [5.74, 6) is 0.820. The third kappa shape index (κ3) is 2.79. The molecule has 20 heavy (non-hydrogen) atoms. The number of carbonyl (C=O) groups excluding carboxylic acids is 2. The van der Waals surface area contributed by atoms with Gasteiger partial charge >= 0.3 is 0 Å². The van der Waals surface area contributed by atoms with Crippen LogP contribution in [0.5, 0.6) is 0 Å². The van der Waals surface area contributed by atoms with Crippen LogP contribution in [0.15, 0.2) is 22.3 Å². The topological polar surface area (TPSA) is 34.1 Å². The van der Waals surface area contributed by atoms with E-state index in [1.165, 1.54) is 22.3 Å². The Morgan fingerprint density at radius 3 is 1.30 bits per heavy atom. The monoisotopic (exact) mass is 272 g/mol. The van der Waals surface area contributed by atoms with E-state index < -0.39 is 0 Å². The van der Waals surface area contributed by atoms with Crippen molar-refractivity contribution in [2.24, 2.45) is 0 Å². The van der Waals surface area contributed by atoms with Crippen molar-refractivity contribution in [3.63, 3.8) is 0 Å². The van der Waals surface area contributed by atoms with Gasteiger partial charge in [-0.3, -0.25) is 9.59 Å². The highest BCUT2D eigenvalue weighted by Crippen LogP contribution is 2.35. The van der Waals surface area contributed by atoms with Crippen LogP contribution < -0.4 is 0 Å². The van der Waals surface area contributed by atoms with Crippen molar-refractivity contribution in [2.45, 2.75) is 77.0 Å². The van der Waals surface area contributed by atoms with Gasteiger partial charge < -0.3 is 0 Å². The molecule has 0 amide bonds. The van der Waals surface area contributed by atoms with E-state index in [9.17, 15) is 9.59 Å². The summed E-state index contributed by atoms with van der Waals surface area (Å²) < 4.78 is 0. The van der Waals surface area contributed by atoms with E-state index in [1.54, 1.807) is 0 Å². The highest BCUT2D eigenvalue weighted by atomic mass is 16.1. The Morgan fingerprint density at radius 1 is 0.450 bits per heavy atom. The van der Waals surface area contributed by atoms with E-state index in [0.29, 0.717) is 11.6 Å². The summed E-state index contributed by atoms with van der Waals surface area (Å²) in [4.78, 5) is 23.9. The Morgan fingerprint density at radius 2 is 0.850 bits per heavy atom. The molecule has 0 aromatic carbocycles. The van der Waals surface area contributed by atoms with Gasteiger partial charge in [0, 0.05) is 12.8 Å². The van der Waals surface area contributed by atoms with Crippen molar-refractivity contribution in [2.75, 3.05) is 0 Å². The molecule has 0 radical (unpaired) electrons. The van der Waals surface area contributed by atoms with Gasteiger partial charge in [0.25, 0.3) is 0 Å². The molecule has 0 saturated carbocycles. The highest BCUT2D eigenvalue weighted by molar-refractivity contribution is 5.99. The minimum atomic E-state index is 0.410. The number of ketones is 2. The summed E-state index contributed by atoms with van der Waals surface area (Å²) in [5.41, 5.74) is 5.20. The quantitative estimate of drug-likeness (QED) is 0.653. The number of carbonyl (C=O) groups is 2. The lowest BCUT2D eigenvalue weighted by molar-refractivity contribution is -0.115. The third-order valence-corrected chi connectivity index (χ3v) is 5.15. The molecular weight excluding hydrogens is 248 g/mol. The lowest BCUT2D eigenvalue weighted by Gasteiger charge is -2.11. The minimum Gasteiger partial charge on any atom is -0.295 e. The van der Waals surface area contributed by atoms with Gasteiger partial charge in [-0.2, -0.15) is 0 Å². The maximum atomic E-state index is 11.9.